The molecule has 1 amide bonds. The van der Waals surface area contributed by atoms with Gasteiger partial charge in [0.15, 0.2) is 0 Å². The average molecular weight is 238 g/mol. The van der Waals surface area contributed by atoms with E-state index in [2.05, 4.69) is 5.32 Å². The van der Waals surface area contributed by atoms with Crippen LogP contribution in [0.15, 0.2) is 0 Å². The molecule has 1 aliphatic heterocycles. The third kappa shape index (κ3) is 3.66. The van der Waals surface area contributed by atoms with Crippen molar-refractivity contribution in [3.8, 4) is 0 Å². The van der Waals surface area contributed by atoms with Crippen molar-refractivity contribution in [1.82, 2.24) is 10.2 Å². The monoisotopic (exact) mass is 238 g/mol. The number of nitrogens with one attached hydrogen (secondary N) is 1. The molecule has 0 saturated carbocycles. The van der Waals surface area contributed by atoms with Gasteiger partial charge in [0.1, 0.15) is 6.54 Å². The fraction of sp³-hybridized carbons (Fsp3) is 0.900. The van der Waals surface area contributed by atoms with Crippen molar-refractivity contribution in [2.24, 2.45) is 0 Å². The molecule has 1 heterocycles. The lowest BCUT2D eigenvalue weighted by Crippen LogP contribution is -2.50. The Morgan fingerprint density at radius 1 is 1.50 bits per heavy atom. The Morgan fingerprint density at radius 3 is 2.50 bits per heavy atom. The van der Waals surface area contributed by atoms with Gasteiger partial charge in [0.05, 0.1) is 6.04 Å². The largest absolute Gasteiger partial charge is 0.406 e. The van der Waals surface area contributed by atoms with Crippen LogP contribution in [-0.4, -0.2) is 42.2 Å². The van der Waals surface area contributed by atoms with E-state index >= 15 is 0 Å². The van der Waals surface area contributed by atoms with Gasteiger partial charge >= 0.3 is 6.18 Å². The lowest BCUT2D eigenvalue weighted by Gasteiger charge is -2.30. The summed E-state index contributed by atoms with van der Waals surface area (Å²) < 4.78 is 36.9. The SMILES string of the molecule is CC(C)N(CC(F)(F)F)C(=O)C1CCCN1. The number of alkyl halides is 3. The van der Waals surface area contributed by atoms with Crippen LogP contribution >= 0.6 is 0 Å². The number of carbonyl (C=O) groups is 1. The standard InChI is InChI=1S/C10H17F3N2O/c1-7(2)15(6-10(11,12)13)9(16)8-4-3-5-14-8/h7-8,14H,3-6H2,1-2H3. The van der Waals surface area contributed by atoms with Crippen molar-refractivity contribution in [1.29, 1.82) is 0 Å². The van der Waals surface area contributed by atoms with Gasteiger partial charge in [-0.3, -0.25) is 4.79 Å². The maximum atomic E-state index is 12.3. The van der Waals surface area contributed by atoms with E-state index in [1.54, 1.807) is 13.8 Å². The van der Waals surface area contributed by atoms with Gasteiger partial charge in [0.25, 0.3) is 0 Å². The van der Waals surface area contributed by atoms with E-state index in [4.69, 9.17) is 0 Å². The fourth-order valence-corrected chi connectivity index (χ4v) is 1.80. The Morgan fingerprint density at radius 2 is 2.12 bits per heavy atom. The zero-order valence-corrected chi connectivity index (χ0v) is 9.47. The van der Waals surface area contributed by atoms with Crippen molar-refractivity contribution in [3.63, 3.8) is 0 Å². The zero-order valence-electron chi connectivity index (χ0n) is 9.47. The van der Waals surface area contributed by atoms with Crippen LogP contribution in [0.1, 0.15) is 26.7 Å². The van der Waals surface area contributed by atoms with Gasteiger partial charge in [0.2, 0.25) is 5.91 Å². The molecule has 0 spiro atoms. The smallest absolute Gasteiger partial charge is 0.330 e. The van der Waals surface area contributed by atoms with E-state index in [9.17, 15) is 18.0 Å². The predicted molar refractivity (Wildman–Crippen MR) is 53.9 cm³/mol. The molecule has 1 unspecified atom stereocenters. The minimum Gasteiger partial charge on any atom is -0.330 e. The molecular weight excluding hydrogens is 221 g/mol. The minimum absolute atomic E-state index is 0.434. The van der Waals surface area contributed by atoms with Crippen LogP contribution < -0.4 is 5.32 Å². The van der Waals surface area contributed by atoms with Crippen LogP contribution in [0, 0.1) is 0 Å². The highest BCUT2D eigenvalue weighted by Crippen LogP contribution is 2.20. The first-order valence-corrected chi connectivity index (χ1v) is 5.42. The number of carbonyl (C=O) groups excluding carboxylic acids is 1. The molecule has 16 heavy (non-hydrogen) atoms. The summed E-state index contributed by atoms with van der Waals surface area (Å²) in [6.45, 7) is 2.73. The number of amides is 1. The summed E-state index contributed by atoms with van der Waals surface area (Å²) in [4.78, 5) is 12.7. The maximum absolute atomic E-state index is 12.3. The molecule has 1 fully saturated rings. The summed E-state index contributed by atoms with van der Waals surface area (Å²) >= 11 is 0. The average Bonchev–Trinajstić information content (AvgIpc) is 2.63. The molecular formula is C10H17F3N2O. The predicted octanol–water partition coefficient (Wildman–Crippen LogP) is 1.54. The van der Waals surface area contributed by atoms with E-state index in [1.165, 1.54) is 0 Å². The van der Waals surface area contributed by atoms with Crippen LogP contribution in [-0.2, 0) is 4.79 Å². The van der Waals surface area contributed by atoms with Crippen molar-refractivity contribution in [2.75, 3.05) is 13.1 Å². The first kappa shape index (κ1) is 13.3. The summed E-state index contributed by atoms with van der Waals surface area (Å²) in [7, 11) is 0. The highest BCUT2D eigenvalue weighted by Gasteiger charge is 2.37. The Bertz CT molecular complexity index is 247. The van der Waals surface area contributed by atoms with Gasteiger partial charge in [-0.15, -0.1) is 0 Å². The molecule has 1 saturated heterocycles. The molecule has 0 aliphatic carbocycles. The third-order valence-electron chi connectivity index (χ3n) is 2.61. The highest BCUT2D eigenvalue weighted by atomic mass is 19.4. The summed E-state index contributed by atoms with van der Waals surface area (Å²) in [5.74, 6) is -0.440. The van der Waals surface area contributed by atoms with Crippen molar-refractivity contribution < 1.29 is 18.0 Å². The normalized spacial score (nSPS) is 21.5. The molecule has 1 aliphatic rings. The first-order chi connectivity index (χ1) is 7.31. The molecule has 0 bridgehead atoms. The second-order valence-corrected chi connectivity index (χ2v) is 4.32. The summed E-state index contributed by atoms with van der Waals surface area (Å²) in [6, 6.07) is -0.874. The van der Waals surface area contributed by atoms with Gasteiger partial charge in [-0.25, -0.2) is 0 Å². The minimum atomic E-state index is -4.33. The van der Waals surface area contributed by atoms with E-state index in [0.29, 0.717) is 13.0 Å². The van der Waals surface area contributed by atoms with Crippen LogP contribution in [0.2, 0.25) is 0 Å². The number of nitrogens with zero attached hydrogens (tertiary/aromatic N) is 1. The Balaban J connectivity index is 2.65. The quantitative estimate of drug-likeness (QED) is 0.808. The van der Waals surface area contributed by atoms with Gasteiger partial charge in [-0.2, -0.15) is 13.2 Å². The number of hydrogen-bond acceptors (Lipinski definition) is 2. The van der Waals surface area contributed by atoms with E-state index in [-0.39, 0.29) is 0 Å². The maximum Gasteiger partial charge on any atom is 0.406 e. The second kappa shape index (κ2) is 5.03. The second-order valence-electron chi connectivity index (χ2n) is 4.32. The Labute approximate surface area is 93.0 Å². The molecule has 1 N–H and O–H groups in total. The lowest BCUT2D eigenvalue weighted by molar-refractivity contribution is -0.165. The molecule has 1 rings (SSSR count). The van der Waals surface area contributed by atoms with Gasteiger partial charge < -0.3 is 10.2 Å². The van der Waals surface area contributed by atoms with Gasteiger partial charge in [-0.05, 0) is 33.2 Å². The molecule has 0 aromatic carbocycles. The molecule has 0 aromatic rings. The summed E-state index contributed by atoms with van der Waals surface area (Å²) in [5, 5.41) is 2.92. The van der Waals surface area contributed by atoms with Crippen LogP contribution in [0.5, 0.6) is 0 Å². The van der Waals surface area contributed by atoms with Crippen molar-refractivity contribution in [3.05, 3.63) is 0 Å². The van der Waals surface area contributed by atoms with Crippen molar-refractivity contribution >= 4 is 5.91 Å². The molecule has 0 aromatic heterocycles. The van der Waals surface area contributed by atoms with E-state index in [1.807, 2.05) is 0 Å². The number of halogens is 3. The van der Waals surface area contributed by atoms with Gasteiger partial charge in [-0.1, -0.05) is 0 Å². The number of hydrogen-bond donors (Lipinski definition) is 1. The molecule has 6 heteroatoms. The first-order valence-electron chi connectivity index (χ1n) is 5.42. The lowest BCUT2D eigenvalue weighted by atomic mass is 10.1. The fourth-order valence-electron chi connectivity index (χ4n) is 1.80. The zero-order chi connectivity index (χ0) is 12.3. The molecule has 3 nitrogen and oxygen atoms in total. The van der Waals surface area contributed by atoms with Crippen LogP contribution in [0.3, 0.4) is 0 Å². The van der Waals surface area contributed by atoms with Crippen LogP contribution in [0.25, 0.3) is 0 Å². The molecule has 94 valence electrons. The molecule has 1 atom stereocenters. The Hall–Kier alpha value is -0.780. The Kier molecular flexibility index (Phi) is 4.18. The van der Waals surface area contributed by atoms with Gasteiger partial charge in [0, 0.05) is 6.04 Å². The summed E-state index contributed by atoms with van der Waals surface area (Å²) in [5.41, 5.74) is 0. The molecule has 0 radical (unpaired) electrons. The third-order valence-corrected chi connectivity index (χ3v) is 2.61. The van der Waals surface area contributed by atoms with E-state index < -0.39 is 30.7 Å². The van der Waals surface area contributed by atoms with E-state index in [0.717, 1.165) is 11.3 Å². The topological polar surface area (TPSA) is 32.3 Å². The van der Waals surface area contributed by atoms with Crippen LogP contribution in [0.4, 0.5) is 13.2 Å². The number of rotatable bonds is 3. The summed E-state index contributed by atoms with van der Waals surface area (Å²) in [6.07, 6.45) is -2.87. The van der Waals surface area contributed by atoms with Crippen molar-refractivity contribution in [2.45, 2.75) is 44.9 Å². The highest BCUT2D eigenvalue weighted by molar-refractivity contribution is 5.82.